The van der Waals surface area contributed by atoms with E-state index in [0.717, 1.165) is 0 Å². The molecule has 2 amide bonds. The molecule has 1 aromatic heterocycles. The van der Waals surface area contributed by atoms with Crippen molar-refractivity contribution >= 4 is 17.4 Å². The zero-order valence-electron chi connectivity index (χ0n) is 8.20. The molecule has 0 unspecified atom stereocenters. The van der Waals surface area contributed by atoms with Crippen LogP contribution in [-0.4, -0.2) is 16.2 Å². The molecule has 5 nitrogen and oxygen atoms in total. The van der Waals surface area contributed by atoms with E-state index >= 15 is 0 Å². The molecular formula is C10H9FN4O. The van der Waals surface area contributed by atoms with Crippen molar-refractivity contribution in [1.29, 1.82) is 0 Å². The predicted octanol–water partition coefficient (Wildman–Crippen LogP) is 2.19. The summed E-state index contributed by atoms with van der Waals surface area (Å²) < 4.78 is 12.6. The van der Waals surface area contributed by atoms with Gasteiger partial charge in [0.15, 0.2) is 0 Å². The number of amides is 2. The standard InChI is InChI=1S/C10H9FN4O/c11-7-1-3-8(4-2-7)14-10(16)15-9-5-12-13-6-9/h1-6H,(H,12,13)(H2,14,15,16). The highest BCUT2D eigenvalue weighted by Gasteiger charge is 2.02. The third-order valence-electron chi connectivity index (χ3n) is 1.86. The van der Waals surface area contributed by atoms with E-state index in [1.807, 2.05) is 0 Å². The molecule has 0 saturated heterocycles. The van der Waals surface area contributed by atoms with Gasteiger partial charge in [0.2, 0.25) is 0 Å². The average Bonchev–Trinajstić information content (AvgIpc) is 2.74. The molecule has 2 aromatic rings. The third-order valence-corrected chi connectivity index (χ3v) is 1.86. The van der Waals surface area contributed by atoms with E-state index in [4.69, 9.17) is 0 Å². The summed E-state index contributed by atoms with van der Waals surface area (Å²) in [5.41, 5.74) is 1.07. The number of H-pyrrole nitrogens is 1. The van der Waals surface area contributed by atoms with Crippen molar-refractivity contribution in [3.63, 3.8) is 0 Å². The Morgan fingerprint density at radius 3 is 2.50 bits per heavy atom. The summed E-state index contributed by atoms with van der Waals surface area (Å²) in [5, 5.41) is 11.3. The summed E-state index contributed by atoms with van der Waals surface area (Å²) in [6, 6.07) is 5.09. The van der Waals surface area contributed by atoms with Gasteiger partial charge < -0.3 is 10.6 Å². The Hall–Kier alpha value is -2.37. The number of benzene rings is 1. The SMILES string of the molecule is O=C(Nc1ccc(F)cc1)Nc1cn[nH]c1. The number of rotatable bonds is 2. The number of aromatic amines is 1. The summed E-state index contributed by atoms with van der Waals surface area (Å²) in [4.78, 5) is 11.4. The van der Waals surface area contributed by atoms with Crippen molar-refractivity contribution in [2.45, 2.75) is 0 Å². The van der Waals surface area contributed by atoms with Crippen molar-refractivity contribution in [3.8, 4) is 0 Å². The number of carbonyl (C=O) groups excluding carboxylic acids is 1. The van der Waals surface area contributed by atoms with Crippen LogP contribution in [0.25, 0.3) is 0 Å². The first-order chi connectivity index (χ1) is 7.74. The van der Waals surface area contributed by atoms with Gasteiger partial charge in [0.1, 0.15) is 5.82 Å². The minimum Gasteiger partial charge on any atom is -0.308 e. The Morgan fingerprint density at radius 2 is 1.88 bits per heavy atom. The van der Waals surface area contributed by atoms with E-state index in [9.17, 15) is 9.18 Å². The van der Waals surface area contributed by atoms with Gasteiger partial charge in [0.05, 0.1) is 11.9 Å². The molecule has 16 heavy (non-hydrogen) atoms. The van der Waals surface area contributed by atoms with E-state index in [1.54, 1.807) is 6.20 Å². The van der Waals surface area contributed by atoms with Crippen molar-refractivity contribution in [3.05, 3.63) is 42.5 Å². The summed E-state index contributed by atoms with van der Waals surface area (Å²) in [6.45, 7) is 0. The molecule has 0 radical (unpaired) electrons. The molecule has 0 atom stereocenters. The summed E-state index contributed by atoms with van der Waals surface area (Å²) in [6.07, 6.45) is 3.02. The van der Waals surface area contributed by atoms with E-state index in [-0.39, 0.29) is 5.82 Å². The van der Waals surface area contributed by atoms with Crippen LogP contribution < -0.4 is 10.6 Å². The fourth-order valence-corrected chi connectivity index (χ4v) is 1.15. The maximum atomic E-state index is 12.6. The monoisotopic (exact) mass is 220 g/mol. The highest BCUT2D eigenvalue weighted by Crippen LogP contribution is 2.09. The predicted molar refractivity (Wildman–Crippen MR) is 57.6 cm³/mol. The lowest BCUT2D eigenvalue weighted by Gasteiger charge is -2.05. The molecule has 3 N–H and O–H groups in total. The normalized spacial score (nSPS) is 9.81. The Bertz CT molecular complexity index is 466. The third kappa shape index (κ3) is 2.57. The molecule has 0 aliphatic heterocycles. The first-order valence-electron chi connectivity index (χ1n) is 4.56. The van der Waals surface area contributed by atoms with Crippen LogP contribution in [0.1, 0.15) is 0 Å². The van der Waals surface area contributed by atoms with Crippen LogP contribution in [0.4, 0.5) is 20.6 Å². The van der Waals surface area contributed by atoms with Crippen LogP contribution in [0.15, 0.2) is 36.7 Å². The number of carbonyl (C=O) groups is 1. The molecule has 0 bridgehead atoms. The van der Waals surface area contributed by atoms with Gasteiger partial charge in [-0.05, 0) is 24.3 Å². The lowest BCUT2D eigenvalue weighted by atomic mass is 10.3. The van der Waals surface area contributed by atoms with Crippen LogP contribution in [-0.2, 0) is 0 Å². The minimum absolute atomic E-state index is 0.346. The number of halogens is 1. The lowest BCUT2D eigenvalue weighted by molar-refractivity contribution is 0.262. The average molecular weight is 220 g/mol. The quantitative estimate of drug-likeness (QED) is 0.726. The molecule has 82 valence electrons. The highest BCUT2D eigenvalue weighted by atomic mass is 19.1. The number of urea groups is 1. The largest absolute Gasteiger partial charge is 0.323 e. The van der Waals surface area contributed by atoms with Gasteiger partial charge in [-0.15, -0.1) is 0 Å². The molecule has 2 rings (SSSR count). The lowest BCUT2D eigenvalue weighted by Crippen LogP contribution is -2.18. The maximum Gasteiger partial charge on any atom is 0.323 e. The van der Waals surface area contributed by atoms with E-state index in [1.165, 1.54) is 30.5 Å². The van der Waals surface area contributed by atoms with Crippen molar-refractivity contribution in [2.24, 2.45) is 0 Å². The molecule has 0 aliphatic carbocycles. The summed E-state index contributed by atoms with van der Waals surface area (Å²) in [7, 11) is 0. The molecule has 0 spiro atoms. The first kappa shape index (κ1) is 10.2. The Balaban J connectivity index is 1.95. The first-order valence-corrected chi connectivity index (χ1v) is 4.56. The van der Waals surface area contributed by atoms with Crippen molar-refractivity contribution in [1.82, 2.24) is 10.2 Å². The number of anilines is 2. The molecule has 1 aromatic carbocycles. The molecule has 0 saturated carbocycles. The number of hydrogen-bond donors (Lipinski definition) is 3. The number of nitrogens with zero attached hydrogens (tertiary/aromatic N) is 1. The topological polar surface area (TPSA) is 69.8 Å². The molecular weight excluding hydrogens is 211 g/mol. The second-order valence-electron chi connectivity index (χ2n) is 3.07. The van der Waals surface area contributed by atoms with Crippen molar-refractivity contribution < 1.29 is 9.18 Å². The van der Waals surface area contributed by atoms with Gasteiger partial charge in [-0.2, -0.15) is 5.10 Å². The molecule has 6 heteroatoms. The van der Waals surface area contributed by atoms with Crippen LogP contribution in [0.3, 0.4) is 0 Å². The number of nitrogens with one attached hydrogen (secondary N) is 3. The maximum absolute atomic E-state index is 12.6. The van der Waals surface area contributed by atoms with Crippen molar-refractivity contribution in [2.75, 3.05) is 10.6 Å². The van der Waals surface area contributed by atoms with Crippen LogP contribution in [0.5, 0.6) is 0 Å². The summed E-state index contributed by atoms with van der Waals surface area (Å²) in [5.74, 6) is -0.346. The van der Waals surface area contributed by atoms with Crippen LogP contribution in [0, 0.1) is 5.82 Å². The van der Waals surface area contributed by atoms with E-state index in [2.05, 4.69) is 20.8 Å². The Labute approximate surface area is 90.7 Å². The molecule has 0 fully saturated rings. The van der Waals surface area contributed by atoms with Gasteiger partial charge in [-0.3, -0.25) is 5.10 Å². The molecule has 1 heterocycles. The van der Waals surface area contributed by atoms with Gasteiger partial charge >= 0.3 is 6.03 Å². The fourth-order valence-electron chi connectivity index (χ4n) is 1.15. The van der Waals surface area contributed by atoms with E-state index in [0.29, 0.717) is 11.4 Å². The minimum atomic E-state index is -0.409. The van der Waals surface area contributed by atoms with Gasteiger partial charge in [-0.25, -0.2) is 9.18 Å². The number of hydrogen-bond acceptors (Lipinski definition) is 2. The second kappa shape index (κ2) is 4.43. The van der Waals surface area contributed by atoms with E-state index < -0.39 is 6.03 Å². The zero-order valence-corrected chi connectivity index (χ0v) is 8.20. The fraction of sp³-hybridized carbons (Fsp3) is 0. The highest BCUT2D eigenvalue weighted by molar-refractivity contribution is 5.99. The Morgan fingerprint density at radius 1 is 1.19 bits per heavy atom. The van der Waals surface area contributed by atoms with Gasteiger partial charge in [0, 0.05) is 11.9 Å². The summed E-state index contributed by atoms with van der Waals surface area (Å²) >= 11 is 0. The molecule has 0 aliphatic rings. The zero-order chi connectivity index (χ0) is 11.4. The van der Waals surface area contributed by atoms with Crippen LogP contribution >= 0.6 is 0 Å². The number of aromatic nitrogens is 2. The van der Waals surface area contributed by atoms with Gasteiger partial charge in [0.25, 0.3) is 0 Å². The second-order valence-corrected chi connectivity index (χ2v) is 3.07. The Kier molecular flexibility index (Phi) is 2.81. The smallest absolute Gasteiger partial charge is 0.308 e. The van der Waals surface area contributed by atoms with Gasteiger partial charge in [-0.1, -0.05) is 0 Å². The van der Waals surface area contributed by atoms with Crippen LogP contribution in [0.2, 0.25) is 0 Å².